The van der Waals surface area contributed by atoms with Gasteiger partial charge in [-0.25, -0.2) is 0 Å². The van der Waals surface area contributed by atoms with Crippen molar-refractivity contribution in [2.45, 2.75) is 39.4 Å². The van der Waals surface area contributed by atoms with E-state index < -0.39 is 0 Å². The normalized spacial score (nSPS) is 22.7. The summed E-state index contributed by atoms with van der Waals surface area (Å²) in [6.45, 7) is 16.5. The van der Waals surface area contributed by atoms with Crippen LogP contribution in [-0.4, -0.2) is 79.3 Å². The molecule has 2 aliphatic rings. The number of hydrogen-bond acceptors (Lipinski definition) is 6. The average molecular weight is 373 g/mol. The van der Waals surface area contributed by atoms with Gasteiger partial charge in [0.05, 0.1) is 18.6 Å². The number of nitrogens with one attached hydrogen (secondary N) is 1. The maximum Gasteiger partial charge on any atom is 0.0893 e. The Morgan fingerprint density at radius 1 is 1.07 bits per heavy atom. The van der Waals surface area contributed by atoms with Gasteiger partial charge in [-0.2, -0.15) is 5.11 Å². The van der Waals surface area contributed by atoms with E-state index in [1.54, 1.807) is 0 Å². The Bertz CT molecular complexity index is 567. The van der Waals surface area contributed by atoms with Gasteiger partial charge in [0.15, 0.2) is 0 Å². The standard InChI is InChI=1S/C21H36N6/c1-18(2)21(27-16-19(3)23-24-27)15-22-9-10-25-11-13-26(14-12-25)17-20-7-5-4-6-8-20/h4-8,18-19,21-22H,9-17H2,1-3H3/t19?,21-/m1/s1. The van der Waals surface area contributed by atoms with Crippen LogP contribution in [0.15, 0.2) is 40.7 Å². The minimum atomic E-state index is 0.332. The molecule has 150 valence electrons. The number of hydrogen-bond donors (Lipinski definition) is 1. The Balaban J connectivity index is 1.31. The lowest BCUT2D eigenvalue weighted by atomic mass is 10.0. The van der Waals surface area contributed by atoms with E-state index in [2.05, 4.69) is 81.6 Å². The van der Waals surface area contributed by atoms with Crippen LogP contribution in [0.1, 0.15) is 26.3 Å². The second kappa shape index (κ2) is 10.2. The van der Waals surface area contributed by atoms with Crippen molar-refractivity contribution in [2.75, 3.05) is 52.4 Å². The largest absolute Gasteiger partial charge is 0.313 e. The van der Waals surface area contributed by atoms with Crippen LogP contribution in [0, 0.1) is 5.92 Å². The summed E-state index contributed by atoms with van der Waals surface area (Å²) >= 11 is 0. The minimum absolute atomic E-state index is 0.332. The molecule has 0 aromatic heterocycles. The molecule has 1 aromatic carbocycles. The molecule has 2 atom stereocenters. The SMILES string of the molecule is CC1CN([C@H](CNCCN2CCN(Cc3ccccc3)CC2)C(C)C)N=N1. The van der Waals surface area contributed by atoms with Gasteiger partial charge >= 0.3 is 0 Å². The predicted octanol–water partition coefficient (Wildman–Crippen LogP) is 2.49. The molecule has 1 aromatic rings. The van der Waals surface area contributed by atoms with Crippen molar-refractivity contribution < 1.29 is 0 Å². The minimum Gasteiger partial charge on any atom is -0.313 e. The highest BCUT2D eigenvalue weighted by atomic mass is 15.6. The quantitative estimate of drug-likeness (QED) is 0.677. The fraction of sp³-hybridized carbons (Fsp3) is 0.714. The molecule has 1 fully saturated rings. The molecule has 0 spiro atoms. The smallest absolute Gasteiger partial charge is 0.0893 e. The third-order valence-corrected chi connectivity index (χ3v) is 5.64. The van der Waals surface area contributed by atoms with E-state index in [-0.39, 0.29) is 0 Å². The predicted molar refractivity (Wildman–Crippen MR) is 111 cm³/mol. The molecule has 0 saturated carbocycles. The second-order valence-electron chi connectivity index (χ2n) is 8.29. The molecule has 0 bridgehead atoms. The van der Waals surface area contributed by atoms with E-state index in [4.69, 9.17) is 0 Å². The van der Waals surface area contributed by atoms with E-state index in [0.29, 0.717) is 18.0 Å². The average Bonchev–Trinajstić information content (AvgIpc) is 3.09. The van der Waals surface area contributed by atoms with Gasteiger partial charge in [0, 0.05) is 52.4 Å². The zero-order chi connectivity index (χ0) is 19.1. The molecule has 1 unspecified atom stereocenters. The van der Waals surface area contributed by atoms with Crippen LogP contribution in [0.5, 0.6) is 0 Å². The number of benzene rings is 1. The van der Waals surface area contributed by atoms with Gasteiger partial charge in [0.1, 0.15) is 0 Å². The Labute approximate surface area is 164 Å². The summed E-state index contributed by atoms with van der Waals surface area (Å²) in [7, 11) is 0. The molecule has 0 aliphatic carbocycles. The third kappa shape index (κ3) is 6.26. The summed E-state index contributed by atoms with van der Waals surface area (Å²) in [4.78, 5) is 5.14. The first-order chi connectivity index (χ1) is 13.1. The molecule has 2 aliphatic heterocycles. The van der Waals surface area contributed by atoms with Crippen molar-refractivity contribution in [2.24, 2.45) is 16.3 Å². The van der Waals surface area contributed by atoms with Crippen molar-refractivity contribution in [3.63, 3.8) is 0 Å². The first kappa shape index (κ1) is 20.2. The summed E-state index contributed by atoms with van der Waals surface area (Å²) in [6.07, 6.45) is 0. The lowest BCUT2D eigenvalue weighted by Crippen LogP contribution is -2.49. The van der Waals surface area contributed by atoms with E-state index in [9.17, 15) is 0 Å². The van der Waals surface area contributed by atoms with Gasteiger partial charge in [-0.15, -0.1) is 0 Å². The van der Waals surface area contributed by atoms with Crippen LogP contribution in [0.3, 0.4) is 0 Å². The number of piperazine rings is 1. The van der Waals surface area contributed by atoms with Crippen LogP contribution in [-0.2, 0) is 6.54 Å². The monoisotopic (exact) mass is 372 g/mol. The molecule has 1 saturated heterocycles. The van der Waals surface area contributed by atoms with Gasteiger partial charge in [-0.05, 0) is 18.4 Å². The van der Waals surface area contributed by atoms with Crippen molar-refractivity contribution in [3.05, 3.63) is 35.9 Å². The molecule has 0 radical (unpaired) electrons. The zero-order valence-electron chi connectivity index (χ0n) is 17.2. The molecule has 1 N–H and O–H groups in total. The van der Waals surface area contributed by atoms with Gasteiger partial charge < -0.3 is 5.32 Å². The topological polar surface area (TPSA) is 46.5 Å². The molecule has 0 amide bonds. The maximum absolute atomic E-state index is 4.35. The van der Waals surface area contributed by atoms with Gasteiger partial charge in [0.25, 0.3) is 0 Å². The molecule has 6 heteroatoms. The number of rotatable bonds is 9. The summed E-state index contributed by atoms with van der Waals surface area (Å²) in [5, 5.41) is 14.5. The highest BCUT2D eigenvalue weighted by molar-refractivity contribution is 5.14. The Morgan fingerprint density at radius 3 is 2.41 bits per heavy atom. The van der Waals surface area contributed by atoms with Crippen LogP contribution >= 0.6 is 0 Å². The molecular weight excluding hydrogens is 336 g/mol. The Morgan fingerprint density at radius 2 is 1.78 bits per heavy atom. The number of nitrogens with zero attached hydrogens (tertiary/aromatic N) is 5. The van der Waals surface area contributed by atoms with E-state index in [1.807, 2.05) is 0 Å². The Kier molecular flexibility index (Phi) is 7.61. The van der Waals surface area contributed by atoms with Crippen molar-refractivity contribution in [1.29, 1.82) is 0 Å². The molecular formula is C21H36N6. The third-order valence-electron chi connectivity index (χ3n) is 5.64. The second-order valence-corrected chi connectivity index (χ2v) is 8.29. The van der Waals surface area contributed by atoms with Crippen LogP contribution in [0.25, 0.3) is 0 Å². The van der Waals surface area contributed by atoms with Crippen molar-refractivity contribution in [1.82, 2.24) is 20.1 Å². The zero-order valence-corrected chi connectivity index (χ0v) is 17.2. The fourth-order valence-corrected chi connectivity index (χ4v) is 3.88. The lowest BCUT2D eigenvalue weighted by Gasteiger charge is -2.35. The van der Waals surface area contributed by atoms with E-state index >= 15 is 0 Å². The van der Waals surface area contributed by atoms with Crippen LogP contribution in [0.2, 0.25) is 0 Å². The van der Waals surface area contributed by atoms with Crippen LogP contribution < -0.4 is 5.32 Å². The van der Waals surface area contributed by atoms with Gasteiger partial charge in [-0.3, -0.25) is 14.8 Å². The fourth-order valence-electron chi connectivity index (χ4n) is 3.88. The summed E-state index contributed by atoms with van der Waals surface area (Å²) in [5.74, 6) is 0.572. The molecule has 27 heavy (non-hydrogen) atoms. The first-order valence-electron chi connectivity index (χ1n) is 10.5. The van der Waals surface area contributed by atoms with E-state index in [1.165, 1.54) is 18.7 Å². The summed E-state index contributed by atoms with van der Waals surface area (Å²) < 4.78 is 0. The first-order valence-corrected chi connectivity index (χ1v) is 10.5. The Hall–Kier alpha value is -1.50. The maximum atomic E-state index is 4.35. The summed E-state index contributed by atoms with van der Waals surface area (Å²) in [6, 6.07) is 11.6. The highest BCUT2D eigenvalue weighted by Gasteiger charge is 2.26. The lowest BCUT2D eigenvalue weighted by molar-refractivity contribution is 0.125. The molecule has 3 rings (SSSR count). The van der Waals surface area contributed by atoms with Crippen LogP contribution in [0.4, 0.5) is 0 Å². The van der Waals surface area contributed by atoms with Gasteiger partial charge in [-0.1, -0.05) is 49.4 Å². The molecule has 2 heterocycles. The highest BCUT2D eigenvalue weighted by Crippen LogP contribution is 2.17. The van der Waals surface area contributed by atoms with E-state index in [0.717, 1.165) is 45.8 Å². The van der Waals surface area contributed by atoms with Crippen molar-refractivity contribution in [3.8, 4) is 0 Å². The van der Waals surface area contributed by atoms with Crippen molar-refractivity contribution >= 4 is 0 Å². The molecule has 6 nitrogen and oxygen atoms in total. The van der Waals surface area contributed by atoms with Gasteiger partial charge in [0.2, 0.25) is 0 Å². The summed E-state index contributed by atoms with van der Waals surface area (Å²) in [5.41, 5.74) is 1.42.